The third kappa shape index (κ3) is 4.69. The first-order valence-electron chi connectivity index (χ1n) is 7.36. The smallest absolute Gasteiger partial charge is 0.242 e. The molecular weight excluding hydrogens is 320 g/mol. The number of carbonyl (C=O) groups is 2. The molecule has 8 heteroatoms. The van der Waals surface area contributed by atoms with Gasteiger partial charge in [-0.25, -0.2) is 8.42 Å². The van der Waals surface area contributed by atoms with Crippen molar-refractivity contribution in [3.05, 3.63) is 24.3 Å². The van der Waals surface area contributed by atoms with E-state index in [4.69, 9.17) is 4.74 Å². The van der Waals surface area contributed by atoms with Crippen LogP contribution in [0.5, 0.6) is 5.75 Å². The third-order valence-electron chi connectivity index (χ3n) is 3.61. The minimum absolute atomic E-state index is 0.0405. The monoisotopic (exact) mass is 340 g/mol. The van der Waals surface area contributed by atoms with Crippen molar-refractivity contribution in [1.29, 1.82) is 0 Å². The van der Waals surface area contributed by atoms with Gasteiger partial charge in [0.05, 0.1) is 12.0 Å². The molecule has 0 saturated carbocycles. The van der Waals surface area contributed by atoms with E-state index in [9.17, 15) is 18.0 Å². The van der Waals surface area contributed by atoms with Crippen LogP contribution in [0.25, 0.3) is 0 Å². The molecule has 1 aliphatic rings. The normalized spacial score (nSPS) is 18.7. The minimum atomic E-state index is -3.76. The highest BCUT2D eigenvalue weighted by molar-refractivity contribution is 7.92. The molecule has 2 rings (SSSR count). The lowest BCUT2D eigenvalue weighted by atomic mass is 10.1. The highest BCUT2D eigenvalue weighted by Gasteiger charge is 2.25. The van der Waals surface area contributed by atoms with Gasteiger partial charge in [0.25, 0.3) is 0 Å². The Hall–Kier alpha value is -2.09. The molecule has 23 heavy (non-hydrogen) atoms. The van der Waals surface area contributed by atoms with Gasteiger partial charge in [-0.1, -0.05) is 0 Å². The Labute approximate surface area is 135 Å². The Balaban J connectivity index is 2.01. The van der Waals surface area contributed by atoms with Crippen LogP contribution in [0.1, 0.15) is 19.3 Å². The van der Waals surface area contributed by atoms with Crippen molar-refractivity contribution >= 4 is 21.7 Å². The zero-order valence-corrected chi connectivity index (χ0v) is 13.7. The van der Waals surface area contributed by atoms with Gasteiger partial charge in [0, 0.05) is 6.54 Å². The number of methoxy groups -OCH3 is 1. The maximum atomic E-state index is 12.2. The van der Waals surface area contributed by atoms with E-state index in [0.717, 1.165) is 12.8 Å². The van der Waals surface area contributed by atoms with Crippen molar-refractivity contribution in [2.75, 3.05) is 19.4 Å². The SMILES string of the molecule is COc1ccc(S(=O)(=O)CC(=O)NC2CCCCNC2=O)cc1. The van der Waals surface area contributed by atoms with Crippen LogP contribution in [-0.2, 0) is 19.4 Å². The summed E-state index contributed by atoms with van der Waals surface area (Å²) in [6, 6.07) is 5.14. The number of hydrogen-bond donors (Lipinski definition) is 2. The molecule has 1 aromatic carbocycles. The van der Waals surface area contributed by atoms with Crippen molar-refractivity contribution in [1.82, 2.24) is 10.6 Å². The molecule has 0 bridgehead atoms. The third-order valence-corrected chi connectivity index (χ3v) is 5.24. The van der Waals surface area contributed by atoms with Gasteiger partial charge in [0.15, 0.2) is 9.84 Å². The van der Waals surface area contributed by atoms with E-state index in [-0.39, 0.29) is 10.8 Å². The van der Waals surface area contributed by atoms with Crippen LogP contribution in [0.2, 0.25) is 0 Å². The number of carbonyl (C=O) groups excluding carboxylic acids is 2. The Morgan fingerprint density at radius 2 is 2.00 bits per heavy atom. The molecule has 1 aliphatic heterocycles. The van der Waals surface area contributed by atoms with Crippen LogP contribution < -0.4 is 15.4 Å². The van der Waals surface area contributed by atoms with Gasteiger partial charge < -0.3 is 15.4 Å². The highest BCUT2D eigenvalue weighted by Crippen LogP contribution is 2.16. The maximum Gasteiger partial charge on any atom is 0.242 e. The average molecular weight is 340 g/mol. The molecule has 7 nitrogen and oxygen atoms in total. The van der Waals surface area contributed by atoms with E-state index in [2.05, 4.69) is 10.6 Å². The van der Waals surface area contributed by atoms with Crippen molar-refractivity contribution in [2.24, 2.45) is 0 Å². The van der Waals surface area contributed by atoms with E-state index < -0.39 is 27.5 Å². The van der Waals surface area contributed by atoms with E-state index in [1.165, 1.54) is 31.4 Å². The van der Waals surface area contributed by atoms with Crippen molar-refractivity contribution in [2.45, 2.75) is 30.2 Å². The Kier molecular flexibility index (Phi) is 5.59. The molecule has 0 aromatic heterocycles. The van der Waals surface area contributed by atoms with Crippen LogP contribution in [0.15, 0.2) is 29.2 Å². The molecule has 0 aliphatic carbocycles. The van der Waals surface area contributed by atoms with Crippen LogP contribution in [0.3, 0.4) is 0 Å². The number of nitrogens with one attached hydrogen (secondary N) is 2. The van der Waals surface area contributed by atoms with E-state index in [1.807, 2.05) is 0 Å². The lowest BCUT2D eigenvalue weighted by Crippen LogP contribution is -2.47. The molecule has 2 amide bonds. The first-order valence-corrected chi connectivity index (χ1v) is 9.01. The second kappa shape index (κ2) is 7.45. The fraction of sp³-hybridized carbons (Fsp3) is 0.467. The Morgan fingerprint density at radius 1 is 1.30 bits per heavy atom. The van der Waals surface area contributed by atoms with Crippen molar-refractivity contribution in [3.63, 3.8) is 0 Å². The Bertz CT molecular complexity index is 670. The lowest BCUT2D eigenvalue weighted by molar-refractivity contribution is -0.127. The minimum Gasteiger partial charge on any atom is -0.497 e. The summed E-state index contributed by atoms with van der Waals surface area (Å²) in [4.78, 5) is 23.8. The van der Waals surface area contributed by atoms with E-state index in [1.54, 1.807) is 0 Å². The van der Waals surface area contributed by atoms with Gasteiger partial charge in [0.2, 0.25) is 11.8 Å². The van der Waals surface area contributed by atoms with Gasteiger partial charge in [-0.2, -0.15) is 0 Å². The number of sulfone groups is 1. The zero-order valence-electron chi connectivity index (χ0n) is 12.9. The van der Waals surface area contributed by atoms with Gasteiger partial charge in [-0.3, -0.25) is 9.59 Å². The molecule has 126 valence electrons. The summed E-state index contributed by atoms with van der Waals surface area (Å²) in [5.41, 5.74) is 0. The summed E-state index contributed by atoms with van der Waals surface area (Å²) in [6.07, 6.45) is 2.16. The summed E-state index contributed by atoms with van der Waals surface area (Å²) in [5, 5.41) is 5.19. The van der Waals surface area contributed by atoms with Gasteiger partial charge in [0.1, 0.15) is 17.5 Å². The molecule has 1 fully saturated rings. The molecule has 0 spiro atoms. The average Bonchev–Trinajstić information content (AvgIpc) is 2.72. The van der Waals surface area contributed by atoms with Crippen LogP contribution in [0.4, 0.5) is 0 Å². The topological polar surface area (TPSA) is 102 Å². The van der Waals surface area contributed by atoms with Gasteiger partial charge >= 0.3 is 0 Å². The predicted molar refractivity (Wildman–Crippen MR) is 83.8 cm³/mol. The number of rotatable bonds is 5. The summed E-state index contributed by atoms with van der Waals surface area (Å²) in [6.45, 7) is 0.579. The van der Waals surface area contributed by atoms with Gasteiger partial charge in [-0.15, -0.1) is 0 Å². The molecule has 1 atom stereocenters. The summed E-state index contributed by atoms with van der Waals surface area (Å²) >= 11 is 0. The van der Waals surface area contributed by atoms with E-state index >= 15 is 0 Å². The van der Waals surface area contributed by atoms with Crippen molar-refractivity contribution < 1.29 is 22.7 Å². The molecular formula is C15H20N2O5S. The summed E-state index contributed by atoms with van der Waals surface area (Å²) < 4.78 is 29.4. The summed E-state index contributed by atoms with van der Waals surface area (Å²) in [5.74, 6) is -1.10. The van der Waals surface area contributed by atoms with Crippen LogP contribution in [0, 0.1) is 0 Å². The number of hydrogen-bond acceptors (Lipinski definition) is 5. The maximum absolute atomic E-state index is 12.2. The molecule has 1 heterocycles. The first kappa shape index (κ1) is 17.3. The number of ether oxygens (including phenoxy) is 1. The molecule has 1 aromatic rings. The van der Waals surface area contributed by atoms with Crippen LogP contribution >= 0.6 is 0 Å². The van der Waals surface area contributed by atoms with Crippen molar-refractivity contribution in [3.8, 4) is 5.75 Å². The standard InChI is InChI=1S/C15H20N2O5S/c1-22-11-5-7-12(8-6-11)23(20,21)10-14(18)17-13-4-2-3-9-16-15(13)19/h5-8,13H,2-4,9-10H2,1H3,(H,16,19)(H,17,18). The number of amides is 2. The second-order valence-corrected chi connectivity index (χ2v) is 7.33. The van der Waals surface area contributed by atoms with Crippen LogP contribution in [-0.4, -0.2) is 45.7 Å². The Morgan fingerprint density at radius 3 is 2.65 bits per heavy atom. The predicted octanol–water partition coefficient (Wildman–Crippen LogP) is 0.254. The zero-order chi connectivity index (χ0) is 16.9. The van der Waals surface area contributed by atoms with E-state index in [0.29, 0.717) is 18.7 Å². The molecule has 0 radical (unpaired) electrons. The first-order chi connectivity index (χ1) is 10.9. The fourth-order valence-electron chi connectivity index (χ4n) is 2.35. The quantitative estimate of drug-likeness (QED) is 0.800. The summed E-state index contributed by atoms with van der Waals surface area (Å²) in [7, 11) is -2.28. The lowest BCUT2D eigenvalue weighted by Gasteiger charge is -2.15. The largest absolute Gasteiger partial charge is 0.497 e. The second-order valence-electron chi connectivity index (χ2n) is 5.34. The molecule has 1 unspecified atom stereocenters. The highest BCUT2D eigenvalue weighted by atomic mass is 32.2. The number of benzene rings is 1. The molecule has 1 saturated heterocycles. The fourth-order valence-corrected chi connectivity index (χ4v) is 3.50. The molecule has 2 N–H and O–H groups in total. The van der Waals surface area contributed by atoms with Gasteiger partial charge in [-0.05, 0) is 43.5 Å².